The third-order valence-electron chi connectivity index (χ3n) is 6.29. The number of nitrogens with zero attached hydrogens (tertiary/aromatic N) is 5. The first kappa shape index (κ1) is 19.2. The van der Waals surface area contributed by atoms with Gasteiger partial charge in [0.1, 0.15) is 5.76 Å². The van der Waals surface area contributed by atoms with Crippen LogP contribution >= 0.6 is 0 Å². The second-order valence-corrected chi connectivity index (χ2v) is 9.33. The van der Waals surface area contributed by atoms with Gasteiger partial charge in [-0.3, -0.25) is 14.4 Å². The van der Waals surface area contributed by atoms with Crippen molar-refractivity contribution in [2.24, 2.45) is 18.4 Å². The Morgan fingerprint density at radius 3 is 2.64 bits per heavy atom. The van der Waals surface area contributed by atoms with Crippen LogP contribution in [0.5, 0.6) is 0 Å². The Bertz CT molecular complexity index is 839. The third kappa shape index (κ3) is 3.85. The lowest BCUT2D eigenvalue weighted by Crippen LogP contribution is -2.48. The smallest absolute Gasteiger partial charge is 0.276 e. The van der Waals surface area contributed by atoms with Gasteiger partial charge in [-0.1, -0.05) is 25.9 Å². The second-order valence-electron chi connectivity index (χ2n) is 9.33. The van der Waals surface area contributed by atoms with E-state index in [9.17, 15) is 4.79 Å². The summed E-state index contributed by atoms with van der Waals surface area (Å²) in [5.41, 5.74) is 3.03. The minimum Gasteiger partial charge on any atom is -0.360 e. The highest BCUT2D eigenvalue weighted by molar-refractivity contribution is 5.94. The summed E-state index contributed by atoms with van der Waals surface area (Å²) in [5, 5.41) is 8.42. The van der Waals surface area contributed by atoms with Gasteiger partial charge in [-0.25, -0.2) is 0 Å². The van der Waals surface area contributed by atoms with Crippen molar-refractivity contribution in [1.29, 1.82) is 0 Å². The molecule has 0 spiro atoms. The van der Waals surface area contributed by atoms with Crippen molar-refractivity contribution in [2.75, 3.05) is 26.2 Å². The lowest BCUT2D eigenvalue weighted by Gasteiger charge is -2.35. The Morgan fingerprint density at radius 1 is 1.25 bits per heavy atom. The Morgan fingerprint density at radius 2 is 2.00 bits per heavy atom. The molecule has 28 heavy (non-hydrogen) atoms. The maximum absolute atomic E-state index is 13.1. The summed E-state index contributed by atoms with van der Waals surface area (Å²) in [6.07, 6.45) is 6.84. The molecule has 1 aliphatic carbocycles. The van der Waals surface area contributed by atoms with Crippen LogP contribution in [-0.2, 0) is 26.4 Å². The predicted molar refractivity (Wildman–Crippen MR) is 106 cm³/mol. The highest BCUT2D eigenvalue weighted by atomic mass is 16.5. The molecule has 152 valence electrons. The lowest BCUT2D eigenvalue weighted by molar-refractivity contribution is 0.0617. The summed E-state index contributed by atoms with van der Waals surface area (Å²) in [7, 11) is 1.93. The van der Waals surface area contributed by atoms with E-state index in [1.54, 1.807) is 0 Å². The summed E-state index contributed by atoms with van der Waals surface area (Å²) >= 11 is 0. The molecule has 1 saturated heterocycles. The van der Waals surface area contributed by atoms with Crippen LogP contribution in [0.25, 0.3) is 0 Å². The molecule has 3 heterocycles. The van der Waals surface area contributed by atoms with Gasteiger partial charge in [0.15, 0.2) is 5.69 Å². The van der Waals surface area contributed by atoms with Crippen molar-refractivity contribution in [3.8, 4) is 0 Å². The zero-order valence-corrected chi connectivity index (χ0v) is 17.4. The summed E-state index contributed by atoms with van der Waals surface area (Å²) < 4.78 is 7.37. The second kappa shape index (κ2) is 7.35. The average molecular weight is 386 g/mol. The SMILES string of the molecule is Cn1cc(CN2CCN(C(=O)c3noc4c3CC(C(C)(C)C)CC4)CC2)cn1. The number of hydrogen-bond donors (Lipinski definition) is 0. The molecule has 0 aromatic carbocycles. The molecule has 1 atom stereocenters. The molecule has 1 aliphatic heterocycles. The van der Waals surface area contributed by atoms with E-state index in [1.165, 1.54) is 5.56 Å². The van der Waals surface area contributed by atoms with Gasteiger partial charge in [0.25, 0.3) is 5.91 Å². The van der Waals surface area contributed by atoms with E-state index in [-0.39, 0.29) is 11.3 Å². The van der Waals surface area contributed by atoms with E-state index in [0.29, 0.717) is 11.6 Å². The molecule has 1 amide bonds. The van der Waals surface area contributed by atoms with Gasteiger partial charge in [-0.15, -0.1) is 0 Å². The van der Waals surface area contributed by atoms with Gasteiger partial charge < -0.3 is 9.42 Å². The molecule has 0 N–H and O–H groups in total. The zero-order chi connectivity index (χ0) is 19.9. The van der Waals surface area contributed by atoms with E-state index in [4.69, 9.17) is 4.52 Å². The maximum atomic E-state index is 13.1. The number of rotatable bonds is 3. The Hall–Kier alpha value is -2.15. The minimum atomic E-state index is 0.0283. The number of aryl methyl sites for hydroxylation is 2. The van der Waals surface area contributed by atoms with Crippen LogP contribution in [0.3, 0.4) is 0 Å². The maximum Gasteiger partial charge on any atom is 0.276 e. The highest BCUT2D eigenvalue weighted by Crippen LogP contribution is 2.38. The van der Waals surface area contributed by atoms with Crippen LogP contribution in [0, 0.1) is 11.3 Å². The van der Waals surface area contributed by atoms with E-state index in [0.717, 1.165) is 63.3 Å². The van der Waals surface area contributed by atoms with Gasteiger partial charge in [-0.05, 0) is 24.2 Å². The zero-order valence-electron chi connectivity index (χ0n) is 17.4. The van der Waals surface area contributed by atoms with Crippen molar-refractivity contribution < 1.29 is 9.32 Å². The first-order chi connectivity index (χ1) is 13.3. The molecule has 7 nitrogen and oxygen atoms in total. The Balaban J connectivity index is 1.39. The quantitative estimate of drug-likeness (QED) is 0.812. The molecule has 1 unspecified atom stereocenters. The molecule has 2 aromatic rings. The number of aromatic nitrogens is 3. The molecule has 2 aliphatic rings. The van der Waals surface area contributed by atoms with Crippen molar-refractivity contribution in [1.82, 2.24) is 24.7 Å². The van der Waals surface area contributed by atoms with Crippen LogP contribution in [0.4, 0.5) is 0 Å². The normalized spacial score (nSPS) is 21.0. The fourth-order valence-corrected chi connectivity index (χ4v) is 4.38. The van der Waals surface area contributed by atoms with Crippen LogP contribution in [-0.4, -0.2) is 56.8 Å². The van der Waals surface area contributed by atoms with E-state index in [2.05, 4.69) is 35.9 Å². The van der Waals surface area contributed by atoms with Crippen molar-refractivity contribution in [3.05, 3.63) is 35.0 Å². The Labute approximate surface area is 166 Å². The first-order valence-corrected chi connectivity index (χ1v) is 10.3. The fourth-order valence-electron chi connectivity index (χ4n) is 4.38. The van der Waals surface area contributed by atoms with Gasteiger partial charge >= 0.3 is 0 Å². The van der Waals surface area contributed by atoms with Gasteiger partial charge in [0.2, 0.25) is 0 Å². The molecule has 4 rings (SSSR count). The van der Waals surface area contributed by atoms with Gasteiger partial charge in [-0.2, -0.15) is 5.10 Å². The predicted octanol–water partition coefficient (Wildman–Crippen LogP) is 2.52. The van der Waals surface area contributed by atoms with Gasteiger partial charge in [0, 0.05) is 63.5 Å². The van der Waals surface area contributed by atoms with Crippen molar-refractivity contribution in [2.45, 2.75) is 46.6 Å². The molecule has 0 radical (unpaired) electrons. The number of carbonyl (C=O) groups is 1. The molecule has 2 aromatic heterocycles. The summed E-state index contributed by atoms with van der Waals surface area (Å²) in [6.45, 7) is 10.9. The highest BCUT2D eigenvalue weighted by Gasteiger charge is 2.35. The van der Waals surface area contributed by atoms with E-state index >= 15 is 0 Å². The topological polar surface area (TPSA) is 67.4 Å². The molecule has 1 fully saturated rings. The number of piperazine rings is 1. The molecular formula is C21H31N5O2. The van der Waals surface area contributed by atoms with Gasteiger partial charge in [0.05, 0.1) is 6.20 Å². The lowest BCUT2D eigenvalue weighted by atomic mass is 9.71. The summed E-state index contributed by atoms with van der Waals surface area (Å²) in [6, 6.07) is 0. The Kier molecular flexibility index (Phi) is 5.04. The molecule has 7 heteroatoms. The number of carbonyl (C=O) groups excluding carboxylic acids is 1. The number of amides is 1. The third-order valence-corrected chi connectivity index (χ3v) is 6.29. The molecule has 0 saturated carbocycles. The summed E-state index contributed by atoms with van der Waals surface area (Å²) in [5.74, 6) is 1.50. The van der Waals surface area contributed by atoms with Crippen molar-refractivity contribution in [3.63, 3.8) is 0 Å². The minimum absolute atomic E-state index is 0.0283. The average Bonchev–Trinajstić information content (AvgIpc) is 3.26. The molecular weight excluding hydrogens is 354 g/mol. The van der Waals surface area contributed by atoms with Crippen LogP contribution in [0.1, 0.15) is 54.6 Å². The van der Waals surface area contributed by atoms with Crippen LogP contribution in [0.2, 0.25) is 0 Å². The largest absolute Gasteiger partial charge is 0.360 e. The van der Waals surface area contributed by atoms with Crippen molar-refractivity contribution >= 4 is 5.91 Å². The monoisotopic (exact) mass is 385 g/mol. The summed E-state index contributed by atoms with van der Waals surface area (Å²) in [4.78, 5) is 17.4. The van der Waals surface area contributed by atoms with Crippen LogP contribution in [0.15, 0.2) is 16.9 Å². The van der Waals surface area contributed by atoms with E-state index in [1.807, 2.05) is 29.0 Å². The standard InChI is InChI=1S/C21H31N5O2/c1-21(2,3)16-5-6-18-17(11-16)19(23-28-18)20(27)26-9-7-25(8-10-26)14-15-12-22-24(4)13-15/h12-13,16H,5-11,14H2,1-4H3. The van der Waals surface area contributed by atoms with E-state index < -0.39 is 0 Å². The van der Waals surface area contributed by atoms with Crippen LogP contribution < -0.4 is 0 Å². The number of fused-ring (bicyclic) bond motifs is 1. The fraction of sp³-hybridized carbons (Fsp3) is 0.667. The number of hydrogen-bond acceptors (Lipinski definition) is 5. The molecule has 0 bridgehead atoms. The first-order valence-electron chi connectivity index (χ1n) is 10.3.